The molecule has 1 aromatic rings. The molecule has 1 fully saturated rings. The van der Waals surface area contributed by atoms with Crippen molar-refractivity contribution in [3.63, 3.8) is 0 Å². The van der Waals surface area contributed by atoms with E-state index in [4.69, 9.17) is 0 Å². The summed E-state index contributed by atoms with van der Waals surface area (Å²) < 4.78 is 25.8. The van der Waals surface area contributed by atoms with E-state index >= 15 is 0 Å². The van der Waals surface area contributed by atoms with Crippen molar-refractivity contribution >= 4 is 21.6 Å². The van der Waals surface area contributed by atoms with E-state index in [9.17, 15) is 13.2 Å². The van der Waals surface area contributed by atoms with E-state index in [1.807, 2.05) is 36.9 Å². The third kappa shape index (κ3) is 4.47. The highest BCUT2D eigenvalue weighted by atomic mass is 32.2. The third-order valence-electron chi connectivity index (χ3n) is 4.33. The fourth-order valence-electron chi connectivity index (χ4n) is 3.14. The first-order valence-electron chi connectivity index (χ1n) is 8.12. The Bertz CT molecular complexity index is 644. The zero-order chi connectivity index (χ0) is 17.0. The Balaban J connectivity index is 2.16. The van der Waals surface area contributed by atoms with Crippen molar-refractivity contribution in [2.75, 3.05) is 30.2 Å². The Labute approximate surface area is 139 Å². The Hall–Kier alpha value is -1.56. The van der Waals surface area contributed by atoms with Crippen molar-refractivity contribution < 1.29 is 13.2 Å². The minimum Gasteiger partial charge on any atom is -0.343 e. The average molecular weight is 338 g/mol. The van der Waals surface area contributed by atoms with Crippen LogP contribution < -0.4 is 4.31 Å². The molecular weight excluding hydrogens is 312 g/mol. The normalized spacial score (nSPS) is 15.5. The third-order valence-corrected chi connectivity index (χ3v) is 5.49. The topological polar surface area (TPSA) is 57.7 Å². The van der Waals surface area contributed by atoms with Gasteiger partial charge in [0.05, 0.1) is 11.9 Å². The van der Waals surface area contributed by atoms with Crippen LogP contribution in [0, 0.1) is 13.8 Å². The van der Waals surface area contributed by atoms with Crippen LogP contribution in [0.2, 0.25) is 0 Å². The average Bonchev–Trinajstić information content (AvgIpc) is 2.49. The first-order valence-corrected chi connectivity index (χ1v) is 9.97. The summed E-state index contributed by atoms with van der Waals surface area (Å²) in [5.74, 6) is 0.0459. The van der Waals surface area contributed by atoms with Crippen LogP contribution in [0.3, 0.4) is 0 Å². The lowest BCUT2D eigenvalue weighted by Crippen LogP contribution is -2.39. The molecule has 1 aliphatic rings. The summed E-state index contributed by atoms with van der Waals surface area (Å²) in [5, 5.41) is 0. The highest BCUT2D eigenvalue weighted by Crippen LogP contribution is 2.27. The van der Waals surface area contributed by atoms with Crippen LogP contribution in [0.15, 0.2) is 18.2 Å². The van der Waals surface area contributed by atoms with Gasteiger partial charge in [-0.15, -0.1) is 0 Å². The molecule has 23 heavy (non-hydrogen) atoms. The highest BCUT2D eigenvalue weighted by Gasteiger charge is 2.23. The lowest BCUT2D eigenvalue weighted by Gasteiger charge is -2.29. The summed E-state index contributed by atoms with van der Waals surface area (Å²) in [4.78, 5) is 14.2. The summed E-state index contributed by atoms with van der Waals surface area (Å²) in [7, 11) is -3.43. The van der Waals surface area contributed by atoms with Crippen LogP contribution in [0.4, 0.5) is 5.69 Å². The highest BCUT2D eigenvalue weighted by molar-refractivity contribution is 7.92. The van der Waals surface area contributed by atoms with E-state index < -0.39 is 10.0 Å². The molecule has 1 amide bonds. The van der Waals surface area contributed by atoms with Crippen molar-refractivity contribution in [3.8, 4) is 0 Å². The van der Waals surface area contributed by atoms with Gasteiger partial charge in [0.1, 0.15) is 0 Å². The standard InChI is InChI=1S/C17H26N2O3S/c1-14-8-7-9-15(2)17(14)19(23(3,21)22)13-10-16(20)18-11-5-4-6-12-18/h7-9H,4-6,10-13H2,1-3H3. The second kappa shape index (κ2) is 7.34. The maximum atomic E-state index is 12.3. The summed E-state index contributed by atoms with van der Waals surface area (Å²) in [5.41, 5.74) is 2.50. The molecule has 1 aromatic carbocycles. The van der Waals surface area contributed by atoms with Crippen molar-refractivity contribution in [3.05, 3.63) is 29.3 Å². The fraction of sp³-hybridized carbons (Fsp3) is 0.588. The molecule has 0 aliphatic carbocycles. The number of rotatable bonds is 5. The van der Waals surface area contributed by atoms with Crippen molar-refractivity contribution in [2.24, 2.45) is 0 Å². The van der Waals surface area contributed by atoms with Gasteiger partial charge in [0.2, 0.25) is 15.9 Å². The predicted octanol–water partition coefficient (Wildman–Crippen LogP) is 2.47. The zero-order valence-electron chi connectivity index (χ0n) is 14.2. The van der Waals surface area contributed by atoms with Gasteiger partial charge in [-0.1, -0.05) is 18.2 Å². The number of likely N-dealkylation sites (tertiary alicyclic amines) is 1. The second-order valence-corrected chi connectivity index (χ2v) is 8.17. The fourth-order valence-corrected chi connectivity index (χ4v) is 4.18. The first kappa shape index (κ1) is 17.8. The molecular formula is C17H26N2O3S. The molecule has 2 rings (SSSR count). The molecule has 0 bridgehead atoms. The number of carbonyl (C=O) groups is 1. The SMILES string of the molecule is Cc1cccc(C)c1N(CCC(=O)N1CCCCC1)S(C)(=O)=O. The van der Waals surface area contributed by atoms with Crippen LogP contribution in [-0.4, -0.2) is 45.1 Å². The summed E-state index contributed by atoms with van der Waals surface area (Å²) in [6, 6.07) is 5.70. The van der Waals surface area contributed by atoms with Gasteiger partial charge >= 0.3 is 0 Å². The number of sulfonamides is 1. The van der Waals surface area contributed by atoms with Gasteiger partial charge in [0.25, 0.3) is 0 Å². The van der Waals surface area contributed by atoms with Crippen molar-refractivity contribution in [1.29, 1.82) is 0 Å². The molecule has 0 aromatic heterocycles. The van der Waals surface area contributed by atoms with E-state index in [1.54, 1.807) is 0 Å². The van der Waals surface area contributed by atoms with E-state index in [1.165, 1.54) is 17.0 Å². The largest absolute Gasteiger partial charge is 0.343 e. The molecule has 1 saturated heterocycles. The quantitative estimate of drug-likeness (QED) is 0.829. The smallest absolute Gasteiger partial charge is 0.232 e. The van der Waals surface area contributed by atoms with Gasteiger partial charge in [-0.2, -0.15) is 0 Å². The number of piperidine rings is 1. The van der Waals surface area contributed by atoms with Gasteiger partial charge in [0, 0.05) is 26.1 Å². The second-order valence-electron chi connectivity index (χ2n) is 6.27. The molecule has 5 nitrogen and oxygen atoms in total. The monoisotopic (exact) mass is 338 g/mol. The van der Waals surface area contributed by atoms with Crippen LogP contribution >= 0.6 is 0 Å². The first-order chi connectivity index (χ1) is 10.8. The molecule has 1 heterocycles. The maximum Gasteiger partial charge on any atom is 0.232 e. The zero-order valence-corrected chi connectivity index (χ0v) is 15.0. The molecule has 0 unspecified atom stereocenters. The van der Waals surface area contributed by atoms with E-state index in [2.05, 4.69) is 0 Å². The number of para-hydroxylation sites is 1. The molecule has 128 valence electrons. The van der Waals surface area contributed by atoms with E-state index in [0.717, 1.165) is 37.1 Å². The Morgan fingerprint density at radius 2 is 1.70 bits per heavy atom. The van der Waals surface area contributed by atoms with E-state index in [-0.39, 0.29) is 18.9 Å². The number of hydrogen-bond donors (Lipinski definition) is 0. The Morgan fingerprint density at radius 1 is 1.13 bits per heavy atom. The van der Waals surface area contributed by atoms with Crippen molar-refractivity contribution in [2.45, 2.75) is 39.5 Å². The van der Waals surface area contributed by atoms with Gasteiger partial charge in [-0.3, -0.25) is 9.10 Å². The Morgan fingerprint density at radius 3 is 2.22 bits per heavy atom. The minimum atomic E-state index is -3.43. The summed E-state index contributed by atoms with van der Waals surface area (Å²) in [6.07, 6.45) is 4.67. The van der Waals surface area contributed by atoms with Crippen LogP contribution in [-0.2, 0) is 14.8 Å². The maximum absolute atomic E-state index is 12.3. The van der Waals surface area contributed by atoms with Crippen LogP contribution in [0.5, 0.6) is 0 Å². The van der Waals surface area contributed by atoms with Crippen LogP contribution in [0.25, 0.3) is 0 Å². The predicted molar refractivity (Wildman–Crippen MR) is 93.2 cm³/mol. The Kier molecular flexibility index (Phi) is 5.68. The number of anilines is 1. The lowest BCUT2D eigenvalue weighted by molar-refractivity contribution is -0.131. The summed E-state index contributed by atoms with van der Waals surface area (Å²) in [6.45, 7) is 5.57. The number of carbonyl (C=O) groups excluding carboxylic acids is 1. The number of aryl methyl sites for hydroxylation is 2. The number of nitrogens with zero attached hydrogens (tertiary/aromatic N) is 2. The number of benzene rings is 1. The molecule has 0 atom stereocenters. The lowest BCUT2D eigenvalue weighted by atomic mass is 10.1. The minimum absolute atomic E-state index is 0.0459. The molecule has 0 radical (unpaired) electrons. The molecule has 6 heteroatoms. The number of amides is 1. The van der Waals surface area contributed by atoms with Gasteiger partial charge in [-0.25, -0.2) is 8.42 Å². The molecule has 0 spiro atoms. The van der Waals surface area contributed by atoms with Gasteiger partial charge in [-0.05, 0) is 44.2 Å². The molecule has 0 saturated carbocycles. The summed E-state index contributed by atoms with van der Waals surface area (Å²) >= 11 is 0. The van der Waals surface area contributed by atoms with Gasteiger partial charge < -0.3 is 4.90 Å². The van der Waals surface area contributed by atoms with Gasteiger partial charge in [0.15, 0.2) is 0 Å². The molecule has 0 N–H and O–H groups in total. The van der Waals surface area contributed by atoms with Crippen LogP contribution in [0.1, 0.15) is 36.8 Å². The number of hydrogen-bond acceptors (Lipinski definition) is 3. The van der Waals surface area contributed by atoms with E-state index in [0.29, 0.717) is 5.69 Å². The van der Waals surface area contributed by atoms with Crippen molar-refractivity contribution in [1.82, 2.24) is 4.90 Å². The molecule has 1 aliphatic heterocycles.